The number of nitrogens with one attached hydrogen (secondary N) is 5. The molecule has 6 N–H and O–H groups in total. The fourth-order valence-corrected chi connectivity index (χ4v) is 7.97. The summed E-state index contributed by atoms with van der Waals surface area (Å²) in [5.41, 5.74) is 0.288. The molecule has 0 aromatic carbocycles. The number of hydrogen-bond donors (Lipinski definition) is 6. The molecule has 2 saturated heterocycles. The van der Waals surface area contributed by atoms with E-state index in [1.54, 1.807) is 0 Å². The van der Waals surface area contributed by atoms with E-state index in [9.17, 15) is 5.11 Å². The largest absolute Gasteiger partial charge is 0.396 e. The fraction of sp³-hybridized carbons (Fsp3) is 0.906. The summed E-state index contributed by atoms with van der Waals surface area (Å²) >= 11 is 0. The Kier molecular flexibility index (Phi) is 12.4. The van der Waals surface area contributed by atoms with Crippen molar-refractivity contribution in [3.63, 3.8) is 0 Å². The molecule has 248 valence electrons. The second-order valence-corrected chi connectivity index (χ2v) is 15.4. The molecule has 1 aromatic rings. The number of methoxy groups -OCH3 is 2. The second-order valence-electron chi connectivity index (χ2n) is 15.4. The molecule has 2 atom stereocenters. The van der Waals surface area contributed by atoms with E-state index >= 15 is 0 Å². The molecule has 0 amide bonds. The maximum absolute atomic E-state index is 9.23. The molecular weight excluding hydrogens is 544 g/mol. The van der Waals surface area contributed by atoms with Gasteiger partial charge in [-0.25, -0.2) is 0 Å². The minimum Gasteiger partial charge on any atom is -0.396 e. The molecule has 0 aliphatic carbocycles. The van der Waals surface area contributed by atoms with Crippen LogP contribution in [0.2, 0.25) is 0 Å². The third-order valence-corrected chi connectivity index (χ3v) is 8.78. The quantitative estimate of drug-likeness (QED) is 0.149. The lowest BCUT2D eigenvalue weighted by Crippen LogP contribution is -2.59. The summed E-state index contributed by atoms with van der Waals surface area (Å²) in [4.78, 5) is 13.9. The van der Waals surface area contributed by atoms with Gasteiger partial charge in [0.2, 0.25) is 17.8 Å². The van der Waals surface area contributed by atoms with Crippen molar-refractivity contribution in [1.29, 1.82) is 0 Å². The zero-order chi connectivity index (χ0) is 31.9. The lowest BCUT2D eigenvalue weighted by Gasteiger charge is -2.48. The van der Waals surface area contributed by atoms with E-state index in [0.29, 0.717) is 55.7 Å². The van der Waals surface area contributed by atoms with E-state index < -0.39 is 0 Å². The Hall–Kier alpha value is -1.79. The number of aliphatic hydroxyl groups is 1. The molecule has 11 nitrogen and oxygen atoms in total. The van der Waals surface area contributed by atoms with Gasteiger partial charge in [-0.05, 0) is 112 Å². The highest BCUT2D eigenvalue weighted by Gasteiger charge is 2.41. The van der Waals surface area contributed by atoms with Crippen LogP contribution in [0, 0.1) is 11.8 Å². The average Bonchev–Trinajstić information content (AvgIpc) is 2.85. The number of ether oxygens (including phenoxy) is 2. The van der Waals surface area contributed by atoms with Gasteiger partial charge in [-0.1, -0.05) is 0 Å². The minimum absolute atomic E-state index is 0.0721. The molecule has 43 heavy (non-hydrogen) atoms. The first-order valence-electron chi connectivity index (χ1n) is 16.3. The van der Waals surface area contributed by atoms with Crippen LogP contribution in [0.4, 0.5) is 17.8 Å². The molecule has 0 saturated carbocycles. The number of anilines is 3. The van der Waals surface area contributed by atoms with Gasteiger partial charge in [0, 0.05) is 62.6 Å². The fourth-order valence-electron chi connectivity index (χ4n) is 7.97. The molecule has 3 rings (SSSR count). The number of aliphatic hydroxyl groups excluding tert-OH is 1. The van der Waals surface area contributed by atoms with E-state index in [1.807, 2.05) is 14.2 Å². The molecule has 2 unspecified atom stereocenters. The Morgan fingerprint density at radius 1 is 0.651 bits per heavy atom. The van der Waals surface area contributed by atoms with Gasteiger partial charge in [-0.3, -0.25) is 0 Å². The minimum atomic E-state index is 0.0721. The Balaban J connectivity index is 1.62. The van der Waals surface area contributed by atoms with Crippen molar-refractivity contribution < 1.29 is 14.6 Å². The second kappa shape index (κ2) is 15.0. The predicted molar refractivity (Wildman–Crippen MR) is 176 cm³/mol. The molecule has 2 aliphatic rings. The van der Waals surface area contributed by atoms with E-state index in [1.165, 1.54) is 0 Å². The lowest BCUT2D eigenvalue weighted by atomic mass is 9.73. The highest BCUT2D eigenvalue weighted by Crippen LogP contribution is 2.37. The highest BCUT2D eigenvalue weighted by atomic mass is 16.5. The van der Waals surface area contributed by atoms with Gasteiger partial charge >= 0.3 is 0 Å². The Bertz CT molecular complexity index is 901. The van der Waals surface area contributed by atoms with Gasteiger partial charge < -0.3 is 41.2 Å². The third kappa shape index (κ3) is 11.6. The number of nitrogens with zero attached hydrogens (tertiary/aromatic N) is 3. The maximum atomic E-state index is 9.23. The van der Waals surface area contributed by atoms with E-state index in [4.69, 9.17) is 9.47 Å². The van der Waals surface area contributed by atoms with Crippen molar-refractivity contribution in [1.82, 2.24) is 25.6 Å². The summed E-state index contributed by atoms with van der Waals surface area (Å²) in [6.45, 7) is 20.3. The normalized spacial score (nSPS) is 23.0. The van der Waals surface area contributed by atoms with Gasteiger partial charge in [0.15, 0.2) is 0 Å². The highest BCUT2D eigenvalue weighted by molar-refractivity contribution is 5.42. The summed E-state index contributed by atoms with van der Waals surface area (Å²) in [6.07, 6.45) is 6.90. The first-order valence-corrected chi connectivity index (χ1v) is 16.3. The SMILES string of the molecule is COC(CCNc1nc(NCCCO)nc(NCCC(OC)C2CC(C)(C)NC(C)(C)C2)n1)C1CC(C)(C)NC(C)(C)C1. The van der Waals surface area contributed by atoms with Gasteiger partial charge in [0.25, 0.3) is 0 Å². The number of rotatable bonds is 16. The molecule has 2 aliphatic heterocycles. The summed E-state index contributed by atoms with van der Waals surface area (Å²) in [5, 5.41) is 26.8. The molecular formula is C32H62N8O3. The monoisotopic (exact) mass is 606 g/mol. The Labute approximate surface area is 260 Å². The predicted octanol–water partition coefficient (Wildman–Crippen LogP) is 4.41. The maximum Gasteiger partial charge on any atom is 0.229 e. The van der Waals surface area contributed by atoms with Gasteiger partial charge in [-0.2, -0.15) is 15.0 Å². The number of hydrogen-bond acceptors (Lipinski definition) is 11. The summed E-state index contributed by atoms with van der Waals surface area (Å²) < 4.78 is 12.0. The molecule has 1 aromatic heterocycles. The van der Waals surface area contributed by atoms with Gasteiger partial charge in [0.1, 0.15) is 0 Å². The smallest absolute Gasteiger partial charge is 0.229 e. The number of piperidine rings is 2. The van der Waals surface area contributed by atoms with Gasteiger partial charge in [0.05, 0.1) is 12.2 Å². The molecule has 0 spiro atoms. The van der Waals surface area contributed by atoms with Crippen molar-refractivity contribution in [2.75, 3.05) is 56.4 Å². The van der Waals surface area contributed by atoms with Crippen molar-refractivity contribution in [3.05, 3.63) is 0 Å². The van der Waals surface area contributed by atoms with Crippen LogP contribution in [0.5, 0.6) is 0 Å². The van der Waals surface area contributed by atoms with Crippen LogP contribution in [-0.2, 0) is 9.47 Å². The zero-order valence-corrected chi connectivity index (χ0v) is 28.7. The topological polar surface area (TPSA) is 138 Å². The standard InChI is InChI=1S/C32H62N8O3/c1-29(2)18-22(19-30(3,4)39-29)24(42-9)12-15-34-27-36-26(33-14-11-17-41)37-28(38-27)35-16-13-25(43-10)23-20-31(5,6)40-32(7,8)21-23/h22-25,39-41H,11-21H2,1-10H3,(H3,33,34,35,36,37,38). The van der Waals surface area contributed by atoms with Crippen LogP contribution in [0.25, 0.3) is 0 Å². The van der Waals surface area contributed by atoms with E-state index in [2.05, 4.69) is 96.9 Å². The van der Waals surface area contributed by atoms with Gasteiger partial charge in [-0.15, -0.1) is 0 Å². The average molecular weight is 607 g/mol. The number of aromatic nitrogens is 3. The first kappa shape index (κ1) is 35.7. The molecule has 2 fully saturated rings. The molecule has 3 heterocycles. The van der Waals surface area contributed by atoms with Crippen molar-refractivity contribution in [2.24, 2.45) is 11.8 Å². The Morgan fingerprint density at radius 3 is 1.28 bits per heavy atom. The third-order valence-electron chi connectivity index (χ3n) is 8.78. The summed E-state index contributed by atoms with van der Waals surface area (Å²) in [5.74, 6) is 2.47. The van der Waals surface area contributed by atoms with Crippen LogP contribution in [0.3, 0.4) is 0 Å². The van der Waals surface area contributed by atoms with Crippen LogP contribution in [-0.4, -0.2) is 94.9 Å². The molecule has 11 heteroatoms. The first-order chi connectivity index (χ1) is 20.1. The lowest BCUT2D eigenvalue weighted by molar-refractivity contribution is -0.00439. The molecule has 0 bridgehead atoms. The zero-order valence-electron chi connectivity index (χ0n) is 28.7. The van der Waals surface area contributed by atoms with Crippen molar-refractivity contribution >= 4 is 17.8 Å². The van der Waals surface area contributed by atoms with E-state index in [0.717, 1.165) is 38.5 Å². The van der Waals surface area contributed by atoms with Crippen LogP contribution < -0.4 is 26.6 Å². The van der Waals surface area contributed by atoms with Crippen LogP contribution >= 0.6 is 0 Å². The van der Waals surface area contributed by atoms with Crippen LogP contribution in [0.1, 0.15) is 100 Å². The summed E-state index contributed by atoms with van der Waals surface area (Å²) in [6, 6.07) is 0. The Morgan fingerprint density at radius 2 is 0.977 bits per heavy atom. The molecule has 0 radical (unpaired) electrons. The van der Waals surface area contributed by atoms with E-state index in [-0.39, 0.29) is 41.0 Å². The van der Waals surface area contributed by atoms with Crippen molar-refractivity contribution in [3.8, 4) is 0 Å². The summed E-state index contributed by atoms with van der Waals surface area (Å²) in [7, 11) is 3.64. The van der Waals surface area contributed by atoms with Crippen molar-refractivity contribution in [2.45, 2.75) is 135 Å². The van der Waals surface area contributed by atoms with Crippen LogP contribution in [0.15, 0.2) is 0 Å².